The Morgan fingerprint density at radius 1 is 1.00 bits per heavy atom. The predicted molar refractivity (Wildman–Crippen MR) is 131 cm³/mol. The number of methoxy groups -OCH3 is 1. The average Bonchev–Trinajstić information content (AvgIpc) is 2.69. The number of para-hydroxylation sites is 2. The molecule has 0 spiro atoms. The van der Waals surface area contributed by atoms with E-state index in [1.165, 1.54) is 11.1 Å². The standard InChI is InChI=1S/C22H32N4O2.HI/c1-17(28-21-9-7-6-8-20(21)27-5)14-24-22(23-2)25-15-18-10-12-19(13-11-18)16-26(3)4;/h6-13,17H,14-16H2,1-5H3,(H2,23,24,25);1H. The lowest BCUT2D eigenvalue weighted by Crippen LogP contribution is -2.41. The average molecular weight is 512 g/mol. The van der Waals surface area contributed by atoms with Crippen LogP contribution in [0.4, 0.5) is 0 Å². The molecule has 6 nitrogen and oxygen atoms in total. The maximum absolute atomic E-state index is 5.96. The lowest BCUT2D eigenvalue weighted by molar-refractivity contribution is 0.213. The summed E-state index contributed by atoms with van der Waals surface area (Å²) < 4.78 is 11.3. The molecule has 160 valence electrons. The lowest BCUT2D eigenvalue weighted by Gasteiger charge is -2.19. The quantitative estimate of drug-likeness (QED) is 0.306. The number of halogens is 1. The van der Waals surface area contributed by atoms with Gasteiger partial charge in [-0.1, -0.05) is 36.4 Å². The van der Waals surface area contributed by atoms with E-state index in [9.17, 15) is 0 Å². The molecule has 2 aromatic carbocycles. The van der Waals surface area contributed by atoms with E-state index >= 15 is 0 Å². The Kier molecular flexibility index (Phi) is 11.5. The molecule has 0 radical (unpaired) electrons. The molecule has 7 heteroatoms. The van der Waals surface area contributed by atoms with Crippen molar-refractivity contribution in [3.05, 3.63) is 59.7 Å². The summed E-state index contributed by atoms with van der Waals surface area (Å²) in [6, 6.07) is 16.3. The molecule has 0 heterocycles. The van der Waals surface area contributed by atoms with Gasteiger partial charge in [-0.2, -0.15) is 0 Å². The summed E-state index contributed by atoms with van der Waals surface area (Å²) in [4.78, 5) is 6.44. The van der Waals surface area contributed by atoms with Gasteiger partial charge in [-0.3, -0.25) is 4.99 Å². The van der Waals surface area contributed by atoms with Gasteiger partial charge >= 0.3 is 0 Å². The van der Waals surface area contributed by atoms with E-state index in [2.05, 4.69) is 58.9 Å². The molecular formula is C22H33IN4O2. The molecule has 2 rings (SSSR count). The highest BCUT2D eigenvalue weighted by Gasteiger charge is 2.09. The summed E-state index contributed by atoms with van der Waals surface area (Å²) in [6.45, 7) is 4.29. The molecule has 0 aromatic heterocycles. The molecule has 2 aromatic rings. The maximum Gasteiger partial charge on any atom is 0.191 e. The Hall–Kier alpha value is -2.00. The van der Waals surface area contributed by atoms with Crippen molar-refractivity contribution in [2.24, 2.45) is 4.99 Å². The van der Waals surface area contributed by atoms with Crippen LogP contribution in [0.15, 0.2) is 53.5 Å². The van der Waals surface area contributed by atoms with Crippen molar-refractivity contribution in [2.75, 3.05) is 34.8 Å². The number of hydrogen-bond acceptors (Lipinski definition) is 4. The summed E-state index contributed by atoms with van der Waals surface area (Å²) in [5, 5.41) is 6.64. The molecule has 0 aliphatic carbocycles. The van der Waals surface area contributed by atoms with Gasteiger partial charge in [0, 0.05) is 20.1 Å². The topological polar surface area (TPSA) is 58.1 Å². The first-order valence-electron chi connectivity index (χ1n) is 9.48. The third kappa shape index (κ3) is 8.91. The molecule has 1 atom stereocenters. The van der Waals surface area contributed by atoms with E-state index in [4.69, 9.17) is 9.47 Å². The number of nitrogens with one attached hydrogen (secondary N) is 2. The summed E-state index contributed by atoms with van der Waals surface area (Å²) in [7, 11) is 7.55. The van der Waals surface area contributed by atoms with Gasteiger partial charge in [-0.05, 0) is 44.3 Å². The Balaban J connectivity index is 0.00000420. The molecule has 0 aliphatic rings. The number of rotatable bonds is 9. The zero-order valence-corrected chi connectivity index (χ0v) is 20.3. The van der Waals surface area contributed by atoms with Crippen LogP contribution in [0.25, 0.3) is 0 Å². The fraction of sp³-hybridized carbons (Fsp3) is 0.409. The first kappa shape index (κ1) is 25.0. The van der Waals surface area contributed by atoms with Crippen LogP contribution in [0.1, 0.15) is 18.1 Å². The van der Waals surface area contributed by atoms with Crippen LogP contribution in [-0.2, 0) is 13.1 Å². The smallest absolute Gasteiger partial charge is 0.191 e. The zero-order chi connectivity index (χ0) is 20.4. The van der Waals surface area contributed by atoms with Gasteiger partial charge in [0.1, 0.15) is 6.10 Å². The fourth-order valence-corrected chi connectivity index (χ4v) is 2.75. The van der Waals surface area contributed by atoms with Crippen molar-refractivity contribution in [2.45, 2.75) is 26.1 Å². The molecule has 0 amide bonds. The summed E-state index contributed by atoms with van der Waals surface area (Å²) >= 11 is 0. The number of benzene rings is 2. The number of aliphatic imine (C=N–C) groups is 1. The van der Waals surface area contributed by atoms with Gasteiger partial charge < -0.3 is 25.0 Å². The second kappa shape index (κ2) is 13.3. The molecule has 0 saturated heterocycles. The maximum atomic E-state index is 5.96. The van der Waals surface area contributed by atoms with Crippen molar-refractivity contribution < 1.29 is 9.47 Å². The van der Waals surface area contributed by atoms with Gasteiger partial charge in [0.15, 0.2) is 17.5 Å². The van der Waals surface area contributed by atoms with Crippen LogP contribution < -0.4 is 20.1 Å². The largest absolute Gasteiger partial charge is 0.493 e. The normalized spacial score (nSPS) is 12.1. The number of ether oxygens (including phenoxy) is 2. The van der Waals surface area contributed by atoms with Crippen LogP contribution in [0.2, 0.25) is 0 Å². The van der Waals surface area contributed by atoms with Crippen molar-refractivity contribution in [1.82, 2.24) is 15.5 Å². The minimum absolute atomic E-state index is 0. The monoisotopic (exact) mass is 512 g/mol. The molecule has 0 bridgehead atoms. The van der Waals surface area contributed by atoms with Gasteiger partial charge in [0.2, 0.25) is 0 Å². The van der Waals surface area contributed by atoms with Crippen molar-refractivity contribution >= 4 is 29.9 Å². The summed E-state index contributed by atoms with van der Waals surface area (Å²) in [6.07, 6.45) is -0.0415. The second-order valence-electron chi connectivity index (χ2n) is 6.94. The van der Waals surface area contributed by atoms with E-state index in [1.54, 1.807) is 14.2 Å². The molecule has 1 unspecified atom stereocenters. The Morgan fingerprint density at radius 3 is 2.21 bits per heavy atom. The van der Waals surface area contributed by atoms with Crippen LogP contribution in [0, 0.1) is 0 Å². The van der Waals surface area contributed by atoms with Crippen molar-refractivity contribution in [3.8, 4) is 11.5 Å². The lowest BCUT2D eigenvalue weighted by atomic mass is 10.1. The number of guanidine groups is 1. The van der Waals surface area contributed by atoms with E-state index in [0.717, 1.165) is 24.0 Å². The first-order chi connectivity index (χ1) is 13.5. The van der Waals surface area contributed by atoms with Crippen molar-refractivity contribution in [1.29, 1.82) is 0 Å². The highest BCUT2D eigenvalue weighted by molar-refractivity contribution is 14.0. The van der Waals surface area contributed by atoms with Crippen molar-refractivity contribution in [3.63, 3.8) is 0 Å². The molecule has 0 saturated carbocycles. The van der Waals surface area contributed by atoms with Crippen LogP contribution in [0.3, 0.4) is 0 Å². The van der Waals surface area contributed by atoms with Gasteiger partial charge in [-0.25, -0.2) is 0 Å². The number of hydrogen-bond donors (Lipinski definition) is 2. The predicted octanol–water partition coefficient (Wildman–Crippen LogP) is 3.51. The Bertz CT molecular complexity index is 751. The minimum Gasteiger partial charge on any atom is -0.493 e. The van der Waals surface area contributed by atoms with Crippen LogP contribution in [-0.4, -0.2) is 51.8 Å². The fourth-order valence-electron chi connectivity index (χ4n) is 2.75. The van der Waals surface area contributed by atoms with E-state index in [-0.39, 0.29) is 30.1 Å². The van der Waals surface area contributed by atoms with Crippen LogP contribution in [0.5, 0.6) is 11.5 Å². The van der Waals surface area contributed by atoms with Gasteiger partial charge in [0.05, 0.1) is 13.7 Å². The molecule has 29 heavy (non-hydrogen) atoms. The molecule has 0 fully saturated rings. The molecule has 2 N–H and O–H groups in total. The van der Waals surface area contributed by atoms with E-state index in [1.807, 2.05) is 31.2 Å². The molecular weight excluding hydrogens is 479 g/mol. The SMILES string of the molecule is CN=C(NCc1ccc(CN(C)C)cc1)NCC(C)Oc1ccccc1OC.I. The summed E-state index contributed by atoms with van der Waals surface area (Å²) in [5.74, 6) is 2.21. The second-order valence-corrected chi connectivity index (χ2v) is 6.94. The third-order valence-corrected chi connectivity index (χ3v) is 4.16. The summed E-state index contributed by atoms with van der Waals surface area (Å²) in [5.41, 5.74) is 2.52. The minimum atomic E-state index is -0.0415. The zero-order valence-electron chi connectivity index (χ0n) is 17.9. The first-order valence-corrected chi connectivity index (χ1v) is 9.48. The van der Waals surface area contributed by atoms with Gasteiger partial charge in [0.25, 0.3) is 0 Å². The van der Waals surface area contributed by atoms with E-state index < -0.39 is 0 Å². The molecule has 0 aliphatic heterocycles. The Morgan fingerprint density at radius 2 is 1.62 bits per heavy atom. The number of nitrogens with zero attached hydrogens (tertiary/aromatic N) is 2. The Labute approximate surface area is 191 Å². The van der Waals surface area contributed by atoms with Gasteiger partial charge in [-0.15, -0.1) is 24.0 Å². The third-order valence-electron chi connectivity index (χ3n) is 4.16. The van der Waals surface area contributed by atoms with Crippen LogP contribution >= 0.6 is 24.0 Å². The van der Waals surface area contributed by atoms with E-state index in [0.29, 0.717) is 13.1 Å². The highest BCUT2D eigenvalue weighted by Crippen LogP contribution is 2.26. The highest BCUT2D eigenvalue weighted by atomic mass is 127.